The van der Waals surface area contributed by atoms with Crippen molar-refractivity contribution in [3.05, 3.63) is 36.2 Å². The smallest absolute Gasteiger partial charge is 0.126 e. The maximum Gasteiger partial charge on any atom is 0.126 e. The Morgan fingerprint density at radius 2 is 1.72 bits per heavy atom. The van der Waals surface area contributed by atoms with Crippen molar-refractivity contribution in [3.63, 3.8) is 0 Å². The molecule has 0 aliphatic carbocycles. The van der Waals surface area contributed by atoms with Crippen molar-refractivity contribution in [2.75, 3.05) is 6.61 Å². The zero-order chi connectivity index (χ0) is 13.1. The third kappa shape index (κ3) is 2.46. The molecule has 0 saturated carbocycles. The van der Waals surface area contributed by atoms with Crippen molar-refractivity contribution >= 4 is 11.0 Å². The number of aromatic nitrogens is 2. The van der Waals surface area contributed by atoms with E-state index in [1.807, 2.05) is 6.07 Å². The number of rotatable bonds is 4. The first-order valence-corrected chi connectivity index (χ1v) is 5.50. The normalized spacial score (nSPS) is 16.4. The monoisotopic (exact) mass is 250 g/mol. The Hall–Kier alpha value is -1.60. The molecule has 0 amide bonds. The van der Waals surface area contributed by atoms with Crippen LogP contribution in [0.1, 0.15) is 11.8 Å². The quantitative estimate of drug-likeness (QED) is 0.576. The minimum Gasteiger partial charge on any atom is -0.394 e. The Labute approximate surface area is 103 Å². The summed E-state index contributed by atoms with van der Waals surface area (Å²) in [6.07, 6.45) is -3.00. The van der Waals surface area contributed by atoms with Crippen LogP contribution in [0, 0.1) is 0 Å². The van der Waals surface area contributed by atoms with Gasteiger partial charge in [0.2, 0.25) is 0 Å². The lowest BCUT2D eigenvalue weighted by molar-refractivity contribution is -0.0789. The largest absolute Gasteiger partial charge is 0.394 e. The van der Waals surface area contributed by atoms with Gasteiger partial charge in [0.05, 0.1) is 29.5 Å². The minimum absolute atomic E-state index is 0.147. The van der Waals surface area contributed by atoms with Gasteiger partial charge in [-0.25, -0.2) is 4.98 Å². The molecule has 0 spiro atoms. The van der Waals surface area contributed by atoms with Crippen LogP contribution < -0.4 is 0 Å². The van der Waals surface area contributed by atoms with Gasteiger partial charge in [-0.15, -0.1) is 0 Å². The molecule has 18 heavy (non-hydrogen) atoms. The third-order valence-electron chi connectivity index (χ3n) is 2.67. The van der Waals surface area contributed by atoms with E-state index < -0.39 is 24.9 Å². The van der Waals surface area contributed by atoms with Crippen molar-refractivity contribution in [2.45, 2.75) is 18.3 Å². The topological polar surface area (TPSA) is 107 Å². The Balaban J connectivity index is 2.30. The van der Waals surface area contributed by atoms with E-state index in [1.165, 1.54) is 6.20 Å². The molecule has 1 aromatic carbocycles. The highest BCUT2D eigenvalue weighted by Gasteiger charge is 2.26. The highest BCUT2D eigenvalue weighted by molar-refractivity contribution is 5.73. The van der Waals surface area contributed by atoms with Gasteiger partial charge < -0.3 is 20.4 Å². The van der Waals surface area contributed by atoms with Crippen molar-refractivity contribution in [2.24, 2.45) is 0 Å². The fourth-order valence-corrected chi connectivity index (χ4v) is 1.61. The summed E-state index contributed by atoms with van der Waals surface area (Å²) in [5.74, 6) is 0. The Morgan fingerprint density at radius 3 is 2.39 bits per heavy atom. The van der Waals surface area contributed by atoms with E-state index in [4.69, 9.17) is 5.11 Å². The zero-order valence-electron chi connectivity index (χ0n) is 9.51. The molecule has 0 saturated heterocycles. The first-order valence-electron chi connectivity index (χ1n) is 5.50. The Bertz CT molecular complexity index is 534. The molecule has 0 bridgehead atoms. The van der Waals surface area contributed by atoms with Gasteiger partial charge in [0.25, 0.3) is 0 Å². The molecule has 96 valence electrons. The molecule has 3 atom stereocenters. The second-order valence-corrected chi connectivity index (χ2v) is 3.97. The van der Waals surface area contributed by atoms with Gasteiger partial charge in [0, 0.05) is 0 Å². The molecule has 1 heterocycles. The van der Waals surface area contributed by atoms with Crippen LogP contribution in [0.5, 0.6) is 0 Å². The SMILES string of the molecule is OC[C@H](O)[C@@H](O)[C@H](O)c1cnc2ccccc2n1. The van der Waals surface area contributed by atoms with E-state index in [2.05, 4.69) is 9.97 Å². The average molecular weight is 250 g/mol. The first-order chi connectivity index (χ1) is 8.63. The van der Waals surface area contributed by atoms with Crippen LogP contribution in [0.2, 0.25) is 0 Å². The number of hydrogen-bond donors (Lipinski definition) is 4. The van der Waals surface area contributed by atoms with E-state index in [0.29, 0.717) is 11.0 Å². The lowest BCUT2D eigenvalue weighted by Gasteiger charge is -2.20. The van der Waals surface area contributed by atoms with Crippen LogP contribution in [0.4, 0.5) is 0 Å². The second-order valence-electron chi connectivity index (χ2n) is 3.97. The van der Waals surface area contributed by atoms with E-state index in [-0.39, 0.29) is 5.69 Å². The third-order valence-corrected chi connectivity index (χ3v) is 2.67. The first kappa shape index (κ1) is 12.8. The van der Waals surface area contributed by atoms with Crippen molar-refractivity contribution < 1.29 is 20.4 Å². The Morgan fingerprint density at radius 1 is 1.06 bits per heavy atom. The van der Waals surface area contributed by atoms with Crippen LogP contribution in [0.15, 0.2) is 30.5 Å². The highest BCUT2D eigenvalue weighted by Crippen LogP contribution is 2.18. The van der Waals surface area contributed by atoms with E-state index in [9.17, 15) is 15.3 Å². The maximum atomic E-state index is 9.83. The second kappa shape index (κ2) is 5.36. The molecule has 2 rings (SSSR count). The van der Waals surface area contributed by atoms with E-state index in [0.717, 1.165) is 0 Å². The number of fused-ring (bicyclic) bond motifs is 1. The summed E-state index contributed by atoms with van der Waals surface area (Å²) in [5, 5.41) is 37.4. The summed E-state index contributed by atoms with van der Waals surface area (Å²) in [6, 6.07) is 7.11. The summed E-state index contributed by atoms with van der Waals surface area (Å²) in [6.45, 7) is -0.640. The molecule has 1 aromatic heterocycles. The van der Waals surface area contributed by atoms with Crippen LogP contribution >= 0.6 is 0 Å². The Kier molecular flexibility index (Phi) is 3.83. The van der Waals surface area contributed by atoms with Crippen molar-refractivity contribution in [3.8, 4) is 0 Å². The van der Waals surface area contributed by atoms with Gasteiger partial charge in [-0.3, -0.25) is 4.98 Å². The van der Waals surface area contributed by atoms with E-state index >= 15 is 0 Å². The fraction of sp³-hybridized carbons (Fsp3) is 0.333. The molecule has 2 aromatic rings. The number of aliphatic hydroxyl groups is 4. The van der Waals surface area contributed by atoms with Crippen LogP contribution in [0.25, 0.3) is 11.0 Å². The van der Waals surface area contributed by atoms with Crippen LogP contribution in [-0.4, -0.2) is 49.2 Å². The van der Waals surface area contributed by atoms with Crippen molar-refractivity contribution in [1.82, 2.24) is 9.97 Å². The molecule has 6 heteroatoms. The summed E-state index contributed by atoms with van der Waals surface area (Å²) >= 11 is 0. The van der Waals surface area contributed by atoms with Gasteiger partial charge in [-0.2, -0.15) is 0 Å². The van der Waals surface area contributed by atoms with E-state index in [1.54, 1.807) is 18.2 Å². The minimum atomic E-state index is -1.51. The number of hydrogen-bond acceptors (Lipinski definition) is 6. The van der Waals surface area contributed by atoms with Crippen LogP contribution in [-0.2, 0) is 0 Å². The average Bonchev–Trinajstić information content (AvgIpc) is 2.44. The molecule has 0 radical (unpaired) electrons. The van der Waals surface area contributed by atoms with Gasteiger partial charge in [-0.1, -0.05) is 12.1 Å². The predicted molar refractivity (Wildman–Crippen MR) is 63.6 cm³/mol. The van der Waals surface area contributed by atoms with Gasteiger partial charge in [0.15, 0.2) is 0 Å². The lowest BCUT2D eigenvalue weighted by Crippen LogP contribution is -2.35. The maximum absolute atomic E-state index is 9.83. The fourth-order valence-electron chi connectivity index (χ4n) is 1.61. The summed E-state index contributed by atoms with van der Waals surface area (Å²) in [4.78, 5) is 8.24. The summed E-state index contributed by atoms with van der Waals surface area (Å²) < 4.78 is 0. The molecule has 0 fully saturated rings. The number of aliphatic hydroxyl groups excluding tert-OH is 4. The lowest BCUT2D eigenvalue weighted by atomic mass is 10.1. The number of benzene rings is 1. The van der Waals surface area contributed by atoms with Crippen molar-refractivity contribution in [1.29, 1.82) is 0 Å². The number of para-hydroxylation sites is 2. The standard InChI is InChI=1S/C12H14N2O4/c15-6-10(16)12(18)11(17)9-5-13-7-3-1-2-4-8(7)14-9/h1-5,10-12,15-18H,6H2/t10-,11+,12+/m0/s1. The summed E-state index contributed by atoms with van der Waals surface area (Å²) in [5.41, 5.74) is 1.40. The van der Waals surface area contributed by atoms with Gasteiger partial charge >= 0.3 is 0 Å². The van der Waals surface area contributed by atoms with Crippen LogP contribution in [0.3, 0.4) is 0 Å². The summed E-state index contributed by atoms with van der Waals surface area (Å²) in [7, 11) is 0. The number of nitrogens with zero attached hydrogens (tertiary/aromatic N) is 2. The molecular weight excluding hydrogens is 236 g/mol. The predicted octanol–water partition coefficient (Wildman–Crippen LogP) is -0.623. The highest BCUT2D eigenvalue weighted by atomic mass is 16.4. The molecule has 4 N–H and O–H groups in total. The molecule has 0 aliphatic heterocycles. The zero-order valence-corrected chi connectivity index (χ0v) is 9.51. The van der Waals surface area contributed by atoms with Gasteiger partial charge in [-0.05, 0) is 12.1 Å². The molecule has 6 nitrogen and oxygen atoms in total. The molecule has 0 aliphatic rings. The molecular formula is C12H14N2O4. The molecule has 0 unspecified atom stereocenters. The van der Waals surface area contributed by atoms with Gasteiger partial charge in [0.1, 0.15) is 18.3 Å².